The van der Waals surface area contributed by atoms with Crippen molar-refractivity contribution in [1.29, 1.82) is 0 Å². The van der Waals surface area contributed by atoms with E-state index in [1.807, 2.05) is 25.1 Å². The molecule has 1 unspecified atom stereocenters. The smallest absolute Gasteiger partial charge is 0.346 e. The molecule has 0 fully saturated rings. The normalized spacial score (nSPS) is 18.9. The molecule has 0 aliphatic carbocycles. The van der Waals surface area contributed by atoms with E-state index in [9.17, 15) is 4.79 Å². The van der Waals surface area contributed by atoms with Gasteiger partial charge in [-0.05, 0) is 24.1 Å². The molecule has 2 N–H and O–H groups in total. The molecule has 0 saturated heterocycles. The molecule has 1 aliphatic rings. The summed E-state index contributed by atoms with van der Waals surface area (Å²) in [5, 5.41) is 0.649. The number of aryl methyl sites for hydroxylation is 1. The highest BCUT2D eigenvalue weighted by Crippen LogP contribution is 2.29. The molecule has 1 aromatic carbocycles. The number of methoxy groups -OCH3 is 1. The third kappa shape index (κ3) is 2.72. The minimum Gasteiger partial charge on any atom is -0.385 e. The van der Waals surface area contributed by atoms with Crippen LogP contribution >= 0.6 is 11.6 Å². The molecule has 5 nitrogen and oxygen atoms in total. The molecule has 0 spiro atoms. The largest absolute Gasteiger partial charge is 0.385 e. The van der Waals surface area contributed by atoms with E-state index in [0.29, 0.717) is 24.0 Å². The van der Waals surface area contributed by atoms with Crippen molar-refractivity contribution < 1.29 is 9.53 Å². The zero-order valence-corrected chi connectivity index (χ0v) is 11.6. The summed E-state index contributed by atoms with van der Waals surface area (Å²) in [5.74, 6) is 0.293. The van der Waals surface area contributed by atoms with Gasteiger partial charge in [0.2, 0.25) is 0 Å². The first-order valence-electron chi connectivity index (χ1n) is 5.94. The van der Waals surface area contributed by atoms with Crippen molar-refractivity contribution in [3.8, 4) is 0 Å². The van der Waals surface area contributed by atoms with Crippen LogP contribution in [0.5, 0.6) is 0 Å². The van der Waals surface area contributed by atoms with Gasteiger partial charge in [0.05, 0.1) is 6.61 Å². The van der Waals surface area contributed by atoms with Crippen LogP contribution in [-0.4, -0.2) is 37.0 Å². The highest BCUT2D eigenvalue weighted by molar-refractivity contribution is 6.31. The van der Waals surface area contributed by atoms with Gasteiger partial charge in [-0.15, -0.1) is 0 Å². The highest BCUT2D eigenvalue weighted by atomic mass is 35.5. The monoisotopic (exact) mass is 281 g/mol. The number of halogens is 1. The summed E-state index contributed by atoms with van der Waals surface area (Å²) in [6.07, 6.45) is 0. The zero-order valence-electron chi connectivity index (χ0n) is 10.9. The van der Waals surface area contributed by atoms with Crippen molar-refractivity contribution >= 4 is 23.5 Å². The van der Waals surface area contributed by atoms with Gasteiger partial charge in [0, 0.05) is 18.7 Å². The molecule has 1 heterocycles. The molecule has 0 radical (unpaired) electrons. The number of urea groups is 1. The van der Waals surface area contributed by atoms with Crippen molar-refractivity contribution in [3.63, 3.8) is 0 Å². The van der Waals surface area contributed by atoms with Gasteiger partial charge in [0.25, 0.3) is 0 Å². The second kappa shape index (κ2) is 5.59. The molecular weight excluding hydrogens is 266 g/mol. The number of aliphatic imine (C=N–C) groups is 1. The van der Waals surface area contributed by atoms with Gasteiger partial charge in [0.1, 0.15) is 11.9 Å². The maximum atomic E-state index is 11.8. The predicted octanol–water partition coefficient (Wildman–Crippen LogP) is 2.13. The number of amidine groups is 1. The maximum Gasteiger partial charge on any atom is 0.346 e. The number of nitrogens with zero attached hydrogens (tertiary/aromatic N) is 2. The van der Waals surface area contributed by atoms with Gasteiger partial charge >= 0.3 is 6.03 Å². The quantitative estimate of drug-likeness (QED) is 0.919. The fourth-order valence-electron chi connectivity index (χ4n) is 2.05. The van der Waals surface area contributed by atoms with E-state index in [-0.39, 0.29) is 12.1 Å². The van der Waals surface area contributed by atoms with Crippen molar-refractivity contribution in [2.24, 2.45) is 10.7 Å². The predicted molar refractivity (Wildman–Crippen MR) is 74.5 cm³/mol. The SMILES string of the molecule is COCCN1C(=O)N=C(N)C1c1ccc(C)c(Cl)c1. The molecule has 0 aromatic heterocycles. The Morgan fingerprint density at radius 1 is 1.53 bits per heavy atom. The summed E-state index contributed by atoms with van der Waals surface area (Å²) in [7, 11) is 1.59. The lowest BCUT2D eigenvalue weighted by Crippen LogP contribution is -2.35. The number of nitrogens with two attached hydrogens (primary N) is 1. The number of benzene rings is 1. The van der Waals surface area contributed by atoms with Crippen LogP contribution in [0, 0.1) is 6.92 Å². The number of carbonyl (C=O) groups is 1. The first-order valence-corrected chi connectivity index (χ1v) is 6.32. The van der Waals surface area contributed by atoms with E-state index >= 15 is 0 Å². The Morgan fingerprint density at radius 3 is 2.89 bits per heavy atom. The molecule has 1 atom stereocenters. The van der Waals surface area contributed by atoms with Crippen LogP contribution in [-0.2, 0) is 4.74 Å². The van der Waals surface area contributed by atoms with Crippen LogP contribution in [0.3, 0.4) is 0 Å². The second-order valence-electron chi connectivity index (χ2n) is 4.42. The van der Waals surface area contributed by atoms with Crippen LogP contribution in [0.4, 0.5) is 4.79 Å². The lowest BCUT2D eigenvalue weighted by molar-refractivity contribution is 0.150. The van der Waals surface area contributed by atoms with E-state index in [1.54, 1.807) is 12.0 Å². The summed E-state index contributed by atoms with van der Waals surface area (Å²) in [4.78, 5) is 17.2. The third-order valence-electron chi connectivity index (χ3n) is 3.11. The van der Waals surface area contributed by atoms with Crippen LogP contribution in [0.15, 0.2) is 23.2 Å². The van der Waals surface area contributed by atoms with Crippen LogP contribution in [0.1, 0.15) is 17.2 Å². The summed E-state index contributed by atoms with van der Waals surface area (Å²) in [6, 6.07) is 4.94. The molecule has 1 aromatic rings. The molecule has 6 heteroatoms. The average molecular weight is 282 g/mol. The Bertz CT molecular complexity index is 531. The van der Waals surface area contributed by atoms with Crippen LogP contribution < -0.4 is 5.73 Å². The summed E-state index contributed by atoms with van der Waals surface area (Å²) >= 11 is 6.12. The summed E-state index contributed by atoms with van der Waals surface area (Å²) < 4.78 is 5.00. The van der Waals surface area contributed by atoms with E-state index in [1.165, 1.54) is 0 Å². The molecule has 1 aliphatic heterocycles. The van der Waals surface area contributed by atoms with Gasteiger partial charge < -0.3 is 15.4 Å². The number of amides is 2. The van der Waals surface area contributed by atoms with Gasteiger partial charge in [-0.1, -0.05) is 23.7 Å². The van der Waals surface area contributed by atoms with Crippen LogP contribution in [0.25, 0.3) is 0 Å². The average Bonchev–Trinajstić information content (AvgIpc) is 2.65. The van der Waals surface area contributed by atoms with Gasteiger partial charge in [-0.3, -0.25) is 0 Å². The highest BCUT2D eigenvalue weighted by Gasteiger charge is 2.34. The van der Waals surface area contributed by atoms with Crippen molar-refractivity contribution in [2.45, 2.75) is 13.0 Å². The van der Waals surface area contributed by atoms with E-state index in [4.69, 9.17) is 22.1 Å². The third-order valence-corrected chi connectivity index (χ3v) is 3.52. The lowest BCUT2D eigenvalue weighted by atomic mass is 10.0. The number of hydrogen-bond donors (Lipinski definition) is 1. The Balaban J connectivity index is 2.31. The Labute approximate surface area is 117 Å². The molecule has 102 valence electrons. The molecule has 2 amide bonds. The topological polar surface area (TPSA) is 67.9 Å². The lowest BCUT2D eigenvalue weighted by Gasteiger charge is -2.24. The van der Waals surface area contributed by atoms with Crippen molar-refractivity contribution in [3.05, 3.63) is 34.3 Å². The first kappa shape index (κ1) is 13.8. The molecule has 2 rings (SSSR count). The van der Waals surface area contributed by atoms with Crippen LogP contribution in [0.2, 0.25) is 5.02 Å². The van der Waals surface area contributed by atoms with Crippen molar-refractivity contribution in [1.82, 2.24) is 4.90 Å². The number of hydrogen-bond acceptors (Lipinski definition) is 3. The fourth-order valence-corrected chi connectivity index (χ4v) is 2.24. The Hall–Kier alpha value is -1.59. The number of carbonyl (C=O) groups excluding carboxylic acids is 1. The Morgan fingerprint density at radius 2 is 2.26 bits per heavy atom. The standard InChI is InChI=1S/C13H16ClN3O2/c1-8-3-4-9(7-10(8)14)11-12(15)16-13(18)17(11)5-6-19-2/h3-4,7,11H,5-6H2,1-2H3,(H2,15,16,18). The van der Waals surface area contributed by atoms with Crippen molar-refractivity contribution in [2.75, 3.05) is 20.3 Å². The second-order valence-corrected chi connectivity index (χ2v) is 4.82. The minimum atomic E-state index is -0.360. The van der Waals surface area contributed by atoms with E-state index in [0.717, 1.165) is 11.1 Å². The van der Waals surface area contributed by atoms with Gasteiger partial charge in [0.15, 0.2) is 0 Å². The van der Waals surface area contributed by atoms with Gasteiger partial charge in [-0.25, -0.2) is 4.79 Å². The molecular formula is C13H16ClN3O2. The maximum absolute atomic E-state index is 11.8. The van der Waals surface area contributed by atoms with E-state index < -0.39 is 0 Å². The Kier molecular flexibility index (Phi) is 4.07. The zero-order chi connectivity index (χ0) is 14.0. The molecule has 19 heavy (non-hydrogen) atoms. The van der Waals surface area contributed by atoms with Gasteiger partial charge in [-0.2, -0.15) is 4.99 Å². The van der Waals surface area contributed by atoms with E-state index in [2.05, 4.69) is 4.99 Å². The first-order chi connectivity index (χ1) is 9.04. The summed E-state index contributed by atoms with van der Waals surface area (Å²) in [6.45, 7) is 2.80. The minimum absolute atomic E-state index is 0.293. The molecule has 0 bridgehead atoms. The fraction of sp³-hybridized carbons (Fsp3) is 0.385. The molecule has 0 saturated carbocycles. The number of rotatable bonds is 4. The number of ether oxygens (including phenoxy) is 1. The summed E-state index contributed by atoms with van der Waals surface area (Å²) in [5.41, 5.74) is 7.70.